The van der Waals surface area contributed by atoms with Gasteiger partial charge < -0.3 is 10.6 Å². The first kappa shape index (κ1) is 16.8. The SMILES string of the molecule is CCc1ccccc1Cn1c(=O)[nH]c2nccc(N3CCC[C@@H](N)C3)c21. The molecule has 136 valence electrons. The van der Waals surface area contributed by atoms with Crippen LogP contribution in [0.25, 0.3) is 11.2 Å². The fourth-order valence-electron chi connectivity index (χ4n) is 3.93. The molecule has 3 aromatic rings. The number of H-pyrrole nitrogens is 1. The van der Waals surface area contributed by atoms with Crippen LogP contribution in [0, 0.1) is 0 Å². The van der Waals surface area contributed by atoms with Gasteiger partial charge in [0.1, 0.15) is 5.52 Å². The third-order valence-corrected chi connectivity index (χ3v) is 5.27. The number of benzene rings is 1. The third kappa shape index (κ3) is 3.01. The zero-order valence-corrected chi connectivity index (χ0v) is 15.1. The van der Waals surface area contributed by atoms with Crippen molar-refractivity contribution in [1.29, 1.82) is 0 Å². The summed E-state index contributed by atoms with van der Waals surface area (Å²) in [7, 11) is 0. The second kappa shape index (κ2) is 6.96. The summed E-state index contributed by atoms with van der Waals surface area (Å²) < 4.78 is 1.81. The van der Waals surface area contributed by atoms with Gasteiger partial charge in [0.15, 0.2) is 5.65 Å². The van der Waals surface area contributed by atoms with Crippen LogP contribution in [-0.4, -0.2) is 33.7 Å². The monoisotopic (exact) mass is 351 g/mol. The number of nitrogens with zero attached hydrogens (tertiary/aromatic N) is 3. The standard InChI is InChI=1S/C20H25N5O/c1-2-14-6-3-4-7-15(14)12-25-18-17(24-11-5-8-16(21)13-24)9-10-22-19(18)23-20(25)26/h3-4,6-7,9-10,16H,2,5,8,11-13,21H2,1H3,(H,22,23,26)/t16-/m1/s1. The molecule has 1 atom stereocenters. The fraction of sp³-hybridized carbons (Fsp3) is 0.400. The van der Waals surface area contributed by atoms with Crippen LogP contribution in [0.1, 0.15) is 30.9 Å². The number of anilines is 1. The van der Waals surface area contributed by atoms with Crippen LogP contribution in [0.2, 0.25) is 0 Å². The Hall–Kier alpha value is -2.60. The van der Waals surface area contributed by atoms with Crippen molar-refractivity contribution in [3.8, 4) is 0 Å². The predicted octanol–water partition coefficient (Wildman–Crippen LogP) is 2.26. The van der Waals surface area contributed by atoms with E-state index < -0.39 is 0 Å². The minimum Gasteiger partial charge on any atom is -0.368 e. The summed E-state index contributed by atoms with van der Waals surface area (Å²) in [4.78, 5) is 22.3. The van der Waals surface area contributed by atoms with E-state index in [4.69, 9.17) is 5.73 Å². The molecule has 0 spiro atoms. The van der Waals surface area contributed by atoms with Crippen LogP contribution >= 0.6 is 0 Å². The molecule has 1 fully saturated rings. The Balaban J connectivity index is 1.82. The minimum absolute atomic E-state index is 0.118. The first-order valence-electron chi connectivity index (χ1n) is 9.32. The maximum Gasteiger partial charge on any atom is 0.328 e. The number of imidazole rings is 1. The van der Waals surface area contributed by atoms with Crippen molar-refractivity contribution in [3.63, 3.8) is 0 Å². The number of rotatable bonds is 4. The highest BCUT2D eigenvalue weighted by molar-refractivity contribution is 5.86. The first-order valence-corrected chi connectivity index (χ1v) is 9.32. The maximum atomic E-state index is 12.7. The lowest BCUT2D eigenvalue weighted by Crippen LogP contribution is -2.43. The lowest BCUT2D eigenvalue weighted by atomic mass is 10.0. The number of nitrogens with two attached hydrogens (primary N) is 1. The molecule has 0 aliphatic carbocycles. The van der Waals surface area contributed by atoms with Gasteiger partial charge in [-0.3, -0.25) is 9.55 Å². The zero-order chi connectivity index (χ0) is 18.1. The highest BCUT2D eigenvalue weighted by atomic mass is 16.1. The van der Waals surface area contributed by atoms with Crippen molar-refractivity contribution in [3.05, 3.63) is 58.1 Å². The Labute approximate surface area is 152 Å². The summed E-state index contributed by atoms with van der Waals surface area (Å²) in [6, 6.07) is 10.5. The van der Waals surface area contributed by atoms with Gasteiger partial charge in [0.05, 0.1) is 12.2 Å². The van der Waals surface area contributed by atoms with Gasteiger partial charge in [-0.25, -0.2) is 9.78 Å². The third-order valence-electron chi connectivity index (χ3n) is 5.27. The molecule has 0 unspecified atom stereocenters. The van der Waals surface area contributed by atoms with E-state index >= 15 is 0 Å². The van der Waals surface area contributed by atoms with Gasteiger partial charge in [-0.15, -0.1) is 0 Å². The van der Waals surface area contributed by atoms with E-state index in [9.17, 15) is 4.79 Å². The van der Waals surface area contributed by atoms with Gasteiger partial charge >= 0.3 is 5.69 Å². The average molecular weight is 351 g/mol. The summed E-state index contributed by atoms with van der Waals surface area (Å²) in [6.45, 7) is 4.45. The summed E-state index contributed by atoms with van der Waals surface area (Å²) in [5.41, 5.74) is 11.0. The van der Waals surface area contributed by atoms with E-state index in [1.807, 2.05) is 22.8 Å². The van der Waals surface area contributed by atoms with Crippen LogP contribution in [0.3, 0.4) is 0 Å². The van der Waals surface area contributed by atoms with Gasteiger partial charge in [0.2, 0.25) is 0 Å². The number of hydrogen-bond acceptors (Lipinski definition) is 4. The summed E-state index contributed by atoms with van der Waals surface area (Å²) in [6.07, 6.45) is 4.82. The lowest BCUT2D eigenvalue weighted by Gasteiger charge is -2.33. The Morgan fingerprint density at radius 3 is 2.85 bits per heavy atom. The first-order chi connectivity index (χ1) is 12.7. The van der Waals surface area contributed by atoms with E-state index in [0.717, 1.165) is 43.6 Å². The molecule has 0 radical (unpaired) electrons. The lowest BCUT2D eigenvalue weighted by molar-refractivity contribution is 0.506. The molecule has 6 nitrogen and oxygen atoms in total. The van der Waals surface area contributed by atoms with Gasteiger partial charge in [-0.2, -0.15) is 0 Å². The summed E-state index contributed by atoms with van der Waals surface area (Å²) >= 11 is 0. The van der Waals surface area contributed by atoms with E-state index in [1.165, 1.54) is 11.1 Å². The van der Waals surface area contributed by atoms with E-state index in [0.29, 0.717) is 12.2 Å². The number of aromatic nitrogens is 3. The number of hydrogen-bond donors (Lipinski definition) is 2. The second-order valence-corrected chi connectivity index (χ2v) is 7.01. The number of pyridine rings is 1. The highest BCUT2D eigenvalue weighted by Crippen LogP contribution is 2.27. The van der Waals surface area contributed by atoms with Gasteiger partial charge in [0, 0.05) is 25.3 Å². The molecule has 1 aliphatic heterocycles. The van der Waals surface area contributed by atoms with Crippen molar-refractivity contribution in [2.75, 3.05) is 18.0 Å². The van der Waals surface area contributed by atoms with Crippen molar-refractivity contribution in [2.45, 2.75) is 38.8 Å². The van der Waals surface area contributed by atoms with Crippen LogP contribution in [-0.2, 0) is 13.0 Å². The zero-order valence-electron chi connectivity index (χ0n) is 15.1. The summed E-state index contributed by atoms with van der Waals surface area (Å²) in [5.74, 6) is 0. The molecule has 0 bridgehead atoms. The van der Waals surface area contributed by atoms with Crippen LogP contribution < -0.4 is 16.3 Å². The molecule has 2 aromatic heterocycles. The van der Waals surface area contributed by atoms with Gasteiger partial charge in [-0.05, 0) is 36.5 Å². The quantitative estimate of drug-likeness (QED) is 0.756. The molecule has 6 heteroatoms. The molecule has 26 heavy (non-hydrogen) atoms. The van der Waals surface area contributed by atoms with E-state index in [1.54, 1.807) is 6.20 Å². The number of fused-ring (bicyclic) bond motifs is 1. The Morgan fingerprint density at radius 2 is 2.08 bits per heavy atom. The maximum absolute atomic E-state index is 12.7. The van der Waals surface area contributed by atoms with Crippen molar-refractivity contribution in [1.82, 2.24) is 14.5 Å². The molecule has 3 N–H and O–H groups in total. The molecular formula is C20H25N5O. The molecule has 1 saturated heterocycles. The minimum atomic E-state index is -0.118. The average Bonchev–Trinajstić information content (AvgIpc) is 2.97. The highest BCUT2D eigenvalue weighted by Gasteiger charge is 2.22. The smallest absolute Gasteiger partial charge is 0.328 e. The van der Waals surface area contributed by atoms with Crippen molar-refractivity contribution < 1.29 is 0 Å². The van der Waals surface area contributed by atoms with Gasteiger partial charge in [-0.1, -0.05) is 31.2 Å². The van der Waals surface area contributed by atoms with Gasteiger partial charge in [0.25, 0.3) is 0 Å². The van der Waals surface area contributed by atoms with Crippen LogP contribution in [0.4, 0.5) is 5.69 Å². The largest absolute Gasteiger partial charge is 0.368 e. The summed E-state index contributed by atoms with van der Waals surface area (Å²) in [5, 5.41) is 0. The molecule has 4 rings (SSSR count). The number of piperidine rings is 1. The van der Waals surface area contributed by atoms with Crippen LogP contribution in [0.15, 0.2) is 41.3 Å². The molecule has 3 heterocycles. The fourth-order valence-corrected chi connectivity index (χ4v) is 3.93. The van der Waals surface area contributed by atoms with E-state index in [-0.39, 0.29) is 11.7 Å². The molecular weight excluding hydrogens is 326 g/mol. The number of aromatic amines is 1. The molecule has 1 aromatic carbocycles. The van der Waals surface area contributed by atoms with Crippen molar-refractivity contribution in [2.24, 2.45) is 5.73 Å². The second-order valence-electron chi connectivity index (χ2n) is 7.01. The van der Waals surface area contributed by atoms with Crippen molar-refractivity contribution >= 4 is 16.9 Å². The molecule has 0 saturated carbocycles. The Kier molecular flexibility index (Phi) is 4.51. The normalized spacial score (nSPS) is 17.8. The van der Waals surface area contributed by atoms with Crippen LogP contribution in [0.5, 0.6) is 0 Å². The number of aryl methyl sites for hydroxylation is 1. The molecule has 0 amide bonds. The Bertz CT molecular complexity index is 974. The topological polar surface area (TPSA) is 79.9 Å². The Morgan fingerprint density at radius 1 is 1.27 bits per heavy atom. The number of nitrogens with one attached hydrogen (secondary N) is 1. The van der Waals surface area contributed by atoms with E-state index in [2.05, 4.69) is 33.9 Å². The molecule has 1 aliphatic rings. The predicted molar refractivity (Wildman–Crippen MR) is 105 cm³/mol.